The fourth-order valence-electron chi connectivity index (χ4n) is 2.35. The largest absolute Gasteiger partial charge is 0.493 e. The molecule has 1 heterocycles. The minimum absolute atomic E-state index is 0.602. The summed E-state index contributed by atoms with van der Waals surface area (Å²) in [6.07, 6.45) is 4.55. The zero-order valence-corrected chi connectivity index (χ0v) is 12.4. The highest BCUT2D eigenvalue weighted by Crippen LogP contribution is 2.14. The van der Waals surface area contributed by atoms with E-state index in [1.807, 2.05) is 67.0 Å². The second-order valence-corrected chi connectivity index (χ2v) is 5.08. The van der Waals surface area contributed by atoms with Crippen LogP contribution < -0.4 is 10.5 Å². The molecule has 22 heavy (non-hydrogen) atoms. The number of hydrogen-bond donors (Lipinski definition) is 1. The second-order valence-electron chi connectivity index (χ2n) is 5.08. The van der Waals surface area contributed by atoms with Gasteiger partial charge in [-0.05, 0) is 23.8 Å². The summed E-state index contributed by atoms with van der Waals surface area (Å²) < 4.78 is 7.84. The van der Waals surface area contributed by atoms with Gasteiger partial charge in [0.05, 0.1) is 13.2 Å². The van der Waals surface area contributed by atoms with E-state index in [4.69, 9.17) is 10.5 Å². The number of benzene rings is 2. The van der Waals surface area contributed by atoms with Gasteiger partial charge in [0.1, 0.15) is 11.6 Å². The van der Waals surface area contributed by atoms with Crippen molar-refractivity contribution in [3.8, 4) is 5.75 Å². The van der Waals surface area contributed by atoms with Crippen molar-refractivity contribution in [3.05, 3.63) is 78.4 Å². The lowest BCUT2D eigenvalue weighted by molar-refractivity contribution is 0.317. The van der Waals surface area contributed by atoms with Crippen LogP contribution in [-0.4, -0.2) is 16.2 Å². The molecule has 0 unspecified atom stereocenters. The van der Waals surface area contributed by atoms with E-state index in [1.165, 1.54) is 0 Å². The first-order chi connectivity index (χ1) is 10.8. The molecule has 0 aliphatic rings. The molecule has 0 aliphatic carbocycles. The Hall–Kier alpha value is -2.75. The molecule has 0 fully saturated rings. The van der Waals surface area contributed by atoms with E-state index in [0.717, 1.165) is 35.8 Å². The van der Waals surface area contributed by atoms with E-state index in [1.54, 1.807) is 0 Å². The summed E-state index contributed by atoms with van der Waals surface area (Å²) in [4.78, 5) is 4.42. The Morgan fingerprint density at radius 1 is 1.00 bits per heavy atom. The molecule has 3 rings (SSSR count). The lowest BCUT2D eigenvalue weighted by Crippen LogP contribution is -2.10. The molecule has 0 atom stereocenters. The van der Waals surface area contributed by atoms with Gasteiger partial charge < -0.3 is 15.0 Å². The predicted octanol–water partition coefficient (Wildman–Crippen LogP) is 3.14. The molecule has 0 aliphatic heterocycles. The molecule has 0 saturated heterocycles. The van der Waals surface area contributed by atoms with Crippen LogP contribution in [0.4, 0.5) is 5.69 Å². The standard InChI is InChI=1S/C18H19N3O/c19-17-9-5-4-6-15(17)14-21-12-11-20-18(21)10-13-22-16-7-2-1-3-8-16/h1-9,11-12H,10,13-14,19H2. The van der Waals surface area contributed by atoms with E-state index in [2.05, 4.69) is 9.55 Å². The number of aromatic nitrogens is 2. The molecule has 0 amide bonds. The van der Waals surface area contributed by atoms with Crippen molar-refractivity contribution in [3.63, 3.8) is 0 Å². The molecule has 0 saturated carbocycles. The molecule has 3 aromatic rings. The van der Waals surface area contributed by atoms with Crippen molar-refractivity contribution >= 4 is 5.69 Å². The maximum absolute atomic E-state index is 6.00. The predicted molar refractivity (Wildman–Crippen MR) is 87.8 cm³/mol. The Morgan fingerprint density at radius 3 is 2.59 bits per heavy atom. The lowest BCUT2D eigenvalue weighted by Gasteiger charge is -2.10. The maximum Gasteiger partial charge on any atom is 0.119 e. The molecule has 0 spiro atoms. The molecule has 0 radical (unpaired) electrons. The number of nitrogen functional groups attached to an aromatic ring is 1. The quantitative estimate of drug-likeness (QED) is 0.710. The van der Waals surface area contributed by atoms with Gasteiger partial charge in [-0.1, -0.05) is 36.4 Å². The van der Waals surface area contributed by atoms with E-state index in [0.29, 0.717) is 6.61 Å². The average molecular weight is 293 g/mol. The molecule has 4 nitrogen and oxygen atoms in total. The average Bonchev–Trinajstić information content (AvgIpc) is 2.98. The van der Waals surface area contributed by atoms with Crippen molar-refractivity contribution in [2.24, 2.45) is 0 Å². The van der Waals surface area contributed by atoms with Crippen LogP contribution in [0.5, 0.6) is 5.75 Å². The monoisotopic (exact) mass is 293 g/mol. The van der Waals surface area contributed by atoms with Gasteiger partial charge in [0.15, 0.2) is 0 Å². The van der Waals surface area contributed by atoms with Gasteiger partial charge in [-0.3, -0.25) is 0 Å². The number of nitrogens with two attached hydrogens (primary N) is 1. The van der Waals surface area contributed by atoms with Gasteiger partial charge in [0.25, 0.3) is 0 Å². The SMILES string of the molecule is Nc1ccccc1Cn1ccnc1CCOc1ccccc1. The van der Waals surface area contributed by atoms with Crippen LogP contribution in [0, 0.1) is 0 Å². The van der Waals surface area contributed by atoms with Crippen LogP contribution in [0.3, 0.4) is 0 Å². The Balaban J connectivity index is 1.61. The summed E-state index contributed by atoms with van der Waals surface area (Å²) in [6, 6.07) is 17.7. The second kappa shape index (κ2) is 6.80. The molecular formula is C18H19N3O. The van der Waals surface area contributed by atoms with Crippen LogP contribution >= 0.6 is 0 Å². The highest BCUT2D eigenvalue weighted by molar-refractivity contribution is 5.46. The summed E-state index contributed by atoms with van der Waals surface area (Å²) in [5.41, 5.74) is 7.92. The molecular weight excluding hydrogens is 274 g/mol. The molecule has 2 N–H and O–H groups in total. The van der Waals surface area contributed by atoms with Crippen LogP contribution in [0.25, 0.3) is 0 Å². The Labute approximate surface area is 130 Å². The zero-order chi connectivity index (χ0) is 15.2. The van der Waals surface area contributed by atoms with E-state index in [-0.39, 0.29) is 0 Å². The minimum Gasteiger partial charge on any atom is -0.493 e. The first-order valence-electron chi connectivity index (χ1n) is 7.34. The van der Waals surface area contributed by atoms with Gasteiger partial charge in [-0.2, -0.15) is 0 Å². The van der Waals surface area contributed by atoms with Crippen LogP contribution in [0.1, 0.15) is 11.4 Å². The van der Waals surface area contributed by atoms with Gasteiger partial charge in [0, 0.05) is 24.5 Å². The zero-order valence-electron chi connectivity index (χ0n) is 12.4. The topological polar surface area (TPSA) is 53.1 Å². The summed E-state index contributed by atoms with van der Waals surface area (Å²) in [5, 5.41) is 0. The van der Waals surface area contributed by atoms with Crippen molar-refractivity contribution in [1.29, 1.82) is 0 Å². The van der Waals surface area contributed by atoms with E-state index < -0.39 is 0 Å². The molecule has 1 aromatic heterocycles. The third-order valence-corrected chi connectivity index (χ3v) is 3.54. The summed E-state index contributed by atoms with van der Waals surface area (Å²) in [6.45, 7) is 1.33. The Morgan fingerprint density at radius 2 is 1.77 bits per heavy atom. The fourth-order valence-corrected chi connectivity index (χ4v) is 2.35. The number of rotatable bonds is 6. The van der Waals surface area contributed by atoms with Crippen molar-refractivity contribution in [2.45, 2.75) is 13.0 Å². The van der Waals surface area contributed by atoms with E-state index >= 15 is 0 Å². The van der Waals surface area contributed by atoms with Crippen LogP contribution in [-0.2, 0) is 13.0 Å². The first-order valence-corrected chi connectivity index (χ1v) is 7.34. The highest BCUT2D eigenvalue weighted by Gasteiger charge is 2.06. The van der Waals surface area contributed by atoms with Gasteiger partial charge >= 0.3 is 0 Å². The molecule has 2 aromatic carbocycles. The number of nitrogens with zero attached hydrogens (tertiary/aromatic N) is 2. The molecule has 0 bridgehead atoms. The van der Waals surface area contributed by atoms with Crippen molar-refractivity contribution in [2.75, 3.05) is 12.3 Å². The van der Waals surface area contributed by atoms with Crippen molar-refractivity contribution < 1.29 is 4.74 Å². The summed E-state index contributed by atoms with van der Waals surface area (Å²) in [7, 11) is 0. The normalized spacial score (nSPS) is 10.5. The molecule has 112 valence electrons. The number of ether oxygens (including phenoxy) is 1. The fraction of sp³-hybridized carbons (Fsp3) is 0.167. The van der Waals surface area contributed by atoms with Crippen LogP contribution in [0.2, 0.25) is 0 Å². The smallest absolute Gasteiger partial charge is 0.119 e. The lowest BCUT2D eigenvalue weighted by atomic mass is 10.2. The third-order valence-electron chi connectivity index (χ3n) is 3.54. The van der Waals surface area contributed by atoms with Gasteiger partial charge in [-0.25, -0.2) is 4.98 Å². The number of para-hydroxylation sites is 2. The van der Waals surface area contributed by atoms with Crippen molar-refractivity contribution in [1.82, 2.24) is 9.55 Å². The van der Waals surface area contributed by atoms with Gasteiger partial charge in [0.2, 0.25) is 0 Å². The van der Waals surface area contributed by atoms with E-state index in [9.17, 15) is 0 Å². The Bertz CT molecular complexity index is 722. The van der Waals surface area contributed by atoms with Crippen LogP contribution in [0.15, 0.2) is 67.0 Å². The molecule has 4 heteroatoms. The first kappa shape index (κ1) is 14.2. The minimum atomic E-state index is 0.602. The third kappa shape index (κ3) is 3.47. The number of imidazole rings is 1. The highest BCUT2D eigenvalue weighted by atomic mass is 16.5. The summed E-state index contributed by atoms with van der Waals surface area (Å²) >= 11 is 0. The number of anilines is 1. The summed E-state index contributed by atoms with van der Waals surface area (Å²) in [5.74, 6) is 1.88. The number of hydrogen-bond acceptors (Lipinski definition) is 3. The van der Waals surface area contributed by atoms with Gasteiger partial charge in [-0.15, -0.1) is 0 Å². The maximum atomic E-state index is 6.00. The Kier molecular flexibility index (Phi) is 4.39.